The standard InChI is InChI=1S/C14H11N3O4S3/c1-22-8-5-6-9(14(18)19)11(7-8)17-24(20,21)12-4-2-3-10-13(12)16-23-15-10/h2-7,17H,1H3,(H,18,19). The molecular formula is C14H11N3O4S3. The minimum atomic E-state index is -4.01. The molecule has 0 aliphatic heterocycles. The first-order valence-corrected chi connectivity index (χ1v) is 10.0. The van der Waals surface area contributed by atoms with Gasteiger partial charge in [-0.3, -0.25) is 4.72 Å². The maximum absolute atomic E-state index is 12.7. The van der Waals surface area contributed by atoms with Crippen LogP contribution in [0.4, 0.5) is 5.69 Å². The molecule has 0 bridgehead atoms. The van der Waals surface area contributed by atoms with E-state index in [0.717, 1.165) is 16.6 Å². The normalized spacial score (nSPS) is 11.5. The van der Waals surface area contributed by atoms with E-state index in [-0.39, 0.29) is 21.7 Å². The predicted molar refractivity (Wildman–Crippen MR) is 93.4 cm³/mol. The number of thioether (sulfide) groups is 1. The van der Waals surface area contributed by atoms with Crippen molar-refractivity contribution < 1.29 is 18.3 Å². The molecule has 7 nitrogen and oxygen atoms in total. The largest absolute Gasteiger partial charge is 0.478 e. The summed E-state index contributed by atoms with van der Waals surface area (Å²) in [5.74, 6) is -1.21. The Labute approximate surface area is 146 Å². The first kappa shape index (κ1) is 16.7. The Kier molecular flexibility index (Phi) is 4.43. The number of hydrogen-bond donors (Lipinski definition) is 2. The highest BCUT2D eigenvalue weighted by atomic mass is 32.2. The number of fused-ring (bicyclic) bond motifs is 1. The Morgan fingerprint density at radius 2 is 2.04 bits per heavy atom. The molecule has 1 aromatic heterocycles. The van der Waals surface area contributed by atoms with Gasteiger partial charge in [-0.05, 0) is 36.6 Å². The zero-order chi connectivity index (χ0) is 17.3. The van der Waals surface area contributed by atoms with E-state index in [2.05, 4.69) is 13.5 Å². The van der Waals surface area contributed by atoms with E-state index in [1.54, 1.807) is 18.2 Å². The second kappa shape index (κ2) is 6.38. The third-order valence-electron chi connectivity index (χ3n) is 3.24. The third kappa shape index (κ3) is 3.07. The van der Waals surface area contributed by atoms with E-state index in [0.29, 0.717) is 5.52 Å². The Morgan fingerprint density at radius 3 is 2.75 bits per heavy atom. The molecule has 0 atom stereocenters. The van der Waals surface area contributed by atoms with Crippen molar-refractivity contribution in [2.45, 2.75) is 9.79 Å². The Balaban J connectivity index is 2.10. The summed E-state index contributed by atoms with van der Waals surface area (Å²) in [6, 6.07) is 9.12. The summed E-state index contributed by atoms with van der Waals surface area (Å²) in [7, 11) is -4.01. The molecule has 124 valence electrons. The number of benzene rings is 2. The average Bonchev–Trinajstić information content (AvgIpc) is 3.02. The van der Waals surface area contributed by atoms with Crippen LogP contribution in [0, 0.1) is 0 Å². The van der Waals surface area contributed by atoms with Crippen molar-refractivity contribution in [2.24, 2.45) is 0 Å². The number of rotatable bonds is 5. The number of anilines is 1. The van der Waals surface area contributed by atoms with Crippen molar-refractivity contribution in [3.8, 4) is 0 Å². The van der Waals surface area contributed by atoms with Crippen molar-refractivity contribution >= 4 is 56.2 Å². The van der Waals surface area contributed by atoms with Crippen molar-refractivity contribution in [3.63, 3.8) is 0 Å². The highest BCUT2D eigenvalue weighted by Crippen LogP contribution is 2.28. The van der Waals surface area contributed by atoms with E-state index in [9.17, 15) is 18.3 Å². The molecule has 0 amide bonds. The summed E-state index contributed by atoms with van der Waals surface area (Å²) in [5.41, 5.74) is 0.613. The molecule has 0 aliphatic rings. The van der Waals surface area contributed by atoms with Crippen molar-refractivity contribution in [1.82, 2.24) is 8.75 Å². The summed E-state index contributed by atoms with van der Waals surface area (Å²) in [5, 5.41) is 9.27. The lowest BCUT2D eigenvalue weighted by atomic mass is 10.2. The molecule has 0 spiro atoms. The van der Waals surface area contributed by atoms with Gasteiger partial charge in [0.05, 0.1) is 23.0 Å². The molecule has 2 N–H and O–H groups in total. The number of aromatic carboxylic acids is 1. The Hall–Kier alpha value is -2.17. The van der Waals surface area contributed by atoms with Gasteiger partial charge in [0.2, 0.25) is 0 Å². The fourth-order valence-corrected chi connectivity index (χ4v) is 4.40. The van der Waals surface area contributed by atoms with Gasteiger partial charge in [0.1, 0.15) is 15.9 Å². The number of carboxylic acid groups (broad SMARTS) is 1. The maximum Gasteiger partial charge on any atom is 0.337 e. The number of sulfonamides is 1. The van der Waals surface area contributed by atoms with E-state index < -0.39 is 16.0 Å². The quantitative estimate of drug-likeness (QED) is 0.654. The molecule has 0 saturated heterocycles. The number of aromatic nitrogens is 2. The van der Waals surface area contributed by atoms with Gasteiger partial charge in [-0.15, -0.1) is 11.8 Å². The second-order valence-corrected chi connectivity index (χ2v) is 7.77. The molecule has 0 aliphatic carbocycles. The summed E-state index contributed by atoms with van der Waals surface area (Å²) in [4.78, 5) is 12.1. The van der Waals surface area contributed by atoms with Gasteiger partial charge < -0.3 is 5.11 Å². The van der Waals surface area contributed by atoms with Crippen LogP contribution in [-0.4, -0.2) is 34.5 Å². The van der Waals surface area contributed by atoms with Crippen LogP contribution >= 0.6 is 23.5 Å². The van der Waals surface area contributed by atoms with Crippen LogP contribution in [0.3, 0.4) is 0 Å². The number of hydrogen-bond acceptors (Lipinski definition) is 7. The van der Waals surface area contributed by atoms with Crippen LogP contribution in [0.1, 0.15) is 10.4 Å². The summed E-state index contributed by atoms with van der Waals surface area (Å²) >= 11 is 2.29. The van der Waals surface area contributed by atoms with Crippen LogP contribution < -0.4 is 4.72 Å². The Morgan fingerprint density at radius 1 is 1.25 bits per heavy atom. The number of nitrogens with zero attached hydrogens (tertiary/aromatic N) is 2. The smallest absolute Gasteiger partial charge is 0.337 e. The highest BCUT2D eigenvalue weighted by molar-refractivity contribution is 7.98. The summed E-state index contributed by atoms with van der Waals surface area (Å²) in [6.07, 6.45) is 1.82. The lowest BCUT2D eigenvalue weighted by Crippen LogP contribution is -2.16. The second-order valence-electron chi connectivity index (χ2n) is 4.71. The Bertz CT molecular complexity index is 1030. The van der Waals surface area contributed by atoms with E-state index >= 15 is 0 Å². The predicted octanol–water partition coefficient (Wildman–Crippen LogP) is 2.91. The fraction of sp³-hybridized carbons (Fsp3) is 0.0714. The molecule has 1 heterocycles. The molecule has 10 heteroatoms. The van der Waals surface area contributed by atoms with Crippen molar-refractivity contribution in [3.05, 3.63) is 42.0 Å². The molecule has 2 aromatic carbocycles. The fourth-order valence-electron chi connectivity index (χ4n) is 2.12. The van der Waals surface area contributed by atoms with Crippen LogP contribution in [0.2, 0.25) is 0 Å². The summed E-state index contributed by atoms with van der Waals surface area (Å²) in [6.45, 7) is 0. The lowest BCUT2D eigenvalue weighted by molar-refractivity contribution is 0.0698. The molecule has 0 radical (unpaired) electrons. The van der Waals surface area contributed by atoms with Crippen LogP contribution in [0.5, 0.6) is 0 Å². The van der Waals surface area contributed by atoms with Gasteiger partial charge in [0, 0.05) is 4.90 Å². The number of carbonyl (C=O) groups is 1. The van der Waals surface area contributed by atoms with Gasteiger partial charge >= 0.3 is 5.97 Å². The van der Waals surface area contributed by atoms with Crippen molar-refractivity contribution in [1.29, 1.82) is 0 Å². The van der Waals surface area contributed by atoms with Gasteiger partial charge in [0.25, 0.3) is 10.0 Å². The summed E-state index contributed by atoms with van der Waals surface area (Å²) < 4.78 is 35.8. The van der Waals surface area contributed by atoms with Crippen LogP contribution in [-0.2, 0) is 10.0 Å². The van der Waals surface area contributed by atoms with Gasteiger partial charge in [-0.25, -0.2) is 13.2 Å². The van der Waals surface area contributed by atoms with E-state index in [1.165, 1.54) is 30.0 Å². The zero-order valence-corrected chi connectivity index (χ0v) is 14.7. The molecular weight excluding hydrogens is 370 g/mol. The SMILES string of the molecule is CSc1ccc(C(=O)O)c(NS(=O)(=O)c2cccc3nsnc23)c1. The van der Waals surface area contributed by atoms with Gasteiger partial charge in [0.15, 0.2) is 0 Å². The van der Waals surface area contributed by atoms with E-state index in [4.69, 9.17) is 0 Å². The van der Waals surface area contributed by atoms with Crippen LogP contribution in [0.15, 0.2) is 46.2 Å². The van der Waals surface area contributed by atoms with Gasteiger partial charge in [-0.1, -0.05) is 6.07 Å². The third-order valence-corrected chi connectivity index (χ3v) is 5.90. The van der Waals surface area contributed by atoms with Crippen LogP contribution in [0.25, 0.3) is 11.0 Å². The first-order chi connectivity index (χ1) is 11.4. The lowest BCUT2D eigenvalue weighted by Gasteiger charge is -2.12. The monoisotopic (exact) mass is 381 g/mol. The minimum absolute atomic E-state index is 0.00884. The first-order valence-electron chi connectivity index (χ1n) is 6.58. The molecule has 24 heavy (non-hydrogen) atoms. The van der Waals surface area contributed by atoms with Gasteiger partial charge in [-0.2, -0.15) is 8.75 Å². The number of carboxylic acids is 1. The highest BCUT2D eigenvalue weighted by Gasteiger charge is 2.22. The minimum Gasteiger partial charge on any atom is -0.478 e. The molecule has 0 fully saturated rings. The number of nitrogens with one attached hydrogen (secondary N) is 1. The molecule has 0 saturated carbocycles. The molecule has 0 unspecified atom stereocenters. The topological polar surface area (TPSA) is 109 Å². The van der Waals surface area contributed by atoms with E-state index in [1.807, 2.05) is 6.26 Å². The average molecular weight is 381 g/mol. The maximum atomic E-state index is 12.7. The molecule has 3 rings (SSSR count). The zero-order valence-electron chi connectivity index (χ0n) is 12.3. The van der Waals surface area contributed by atoms with Crippen molar-refractivity contribution in [2.75, 3.05) is 11.0 Å². The molecule has 3 aromatic rings.